The van der Waals surface area contributed by atoms with Gasteiger partial charge in [0.05, 0.1) is 17.6 Å². The van der Waals surface area contributed by atoms with E-state index in [2.05, 4.69) is 31.4 Å². The summed E-state index contributed by atoms with van der Waals surface area (Å²) in [7, 11) is 1.62. The average Bonchev–Trinajstić information content (AvgIpc) is 3.07. The Hall–Kier alpha value is -2.41. The highest BCUT2D eigenvalue weighted by Gasteiger charge is 2.06. The van der Waals surface area contributed by atoms with Gasteiger partial charge in [0.1, 0.15) is 4.47 Å². The molecule has 6 nitrogen and oxygen atoms in total. The summed E-state index contributed by atoms with van der Waals surface area (Å²) in [6.07, 6.45) is 5.27. The van der Waals surface area contributed by atoms with Crippen LogP contribution in [0, 0.1) is 0 Å². The third-order valence-electron chi connectivity index (χ3n) is 3.27. The van der Waals surface area contributed by atoms with Crippen LogP contribution in [0.25, 0.3) is 5.69 Å². The second kappa shape index (κ2) is 6.15. The van der Waals surface area contributed by atoms with Crippen LogP contribution >= 0.6 is 15.9 Å². The van der Waals surface area contributed by atoms with Gasteiger partial charge in [-0.15, -0.1) is 0 Å². The largest absolute Gasteiger partial charge is 0.379 e. The first kappa shape index (κ1) is 14.5. The first-order valence-electron chi connectivity index (χ1n) is 6.70. The van der Waals surface area contributed by atoms with Crippen LogP contribution in [0.4, 0.5) is 5.69 Å². The minimum absolute atomic E-state index is 0.168. The number of halogens is 1. The zero-order chi connectivity index (χ0) is 15.5. The Kier molecular flexibility index (Phi) is 4.06. The maximum absolute atomic E-state index is 11.8. The van der Waals surface area contributed by atoms with Crippen LogP contribution in [0.15, 0.2) is 58.2 Å². The summed E-state index contributed by atoms with van der Waals surface area (Å²) >= 11 is 3.29. The Balaban J connectivity index is 1.72. The molecule has 3 rings (SSSR count). The lowest BCUT2D eigenvalue weighted by Crippen LogP contribution is -2.21. The molecule has 0 spiro atoms. The topological polar surface area (TPSA) is 64.7 Å². The number of benzene rings is 1. The van der Waals surface area contributed by atoms with Crippen LogP contribution in [0.1, 0.15) is 5.56 Å². The molecule has 0 saturated carbocycles. The number of rotatable bonds is 4. The van der Waals surface area contributed by atoms with Crippen molar-refractivity contribution in [3.8, 4) is 5.69 Å². The van der Waals surface area contributed by atoms with Gasteiger partial charge in [0.2, 0.25) is 0 Å². The second-order valence-corrected chi connectivity index (χ2v) is 5.56. The Morgan fingerprint density at radius 3 is 2.68 bits per heavy atom. The van der Waals surface area contributed by atoms with E-state index in [-0.39, 0.29) is 5.56 Å². The van der Waals surface area contributed by atoms with Gasteiger partial charge in [-0.05, 0) is 39.7 Å². The van der Waals surface area contributed by atoms with Gasteiger partial charge in [-0.25, -0.2) is 9.36 Å². The standard InChI is InChI=1S/C15H14BrN5O/c1-20-15(22)14(16)13(10-19-20)17-9-11-3-5-12(6-4-11)21-8-2-7-18-21/h2-8,10,17H,9H2,1H3. The van der Waals surface area contributed by atoms with Gasteiger partial charge < -0.3 is 5.32 Å². The SMILES string of the molecule is Cn1ncc(NCc2ccc(-n3cccn3)cc2)c(Br)c1=O. The molecule has 0 atom stereocenters. The molecule has 0 saturated heterocycles. The van der Waals surface area contributed by atoms with Gasteiger partial charge in [-0.1, -0.05) is 12.1 Å². The van der Waals surface area contributed by atoms with Crippen molar-refractivity contribution in [3.63, 3.8) is 0 Å². The summed E-state index contributed by atoms with van der Waals surface area (Å²) in [5, 5.41) is 11.4. The Bertz CT molecular complexity index is 824. The molecule has 1 N–H and O–H groups in total. The van der Waals surface area contributed by atoms with Gasteiger partial charge in [0, 0.05) is 26.0 Å². The highest BCUT2D eigenvalue weighted by molar-refractivity contribution is 9.10. The van der Waals surface area contributed by atoms with Crippen molar-refractivity contribution in [2.24, 2.45) is 7.05 Å². The predicted octanol–water partition coefficient (Wildman–Crippen LogP) is 2.34. The summed E-state index contributed by atoms with van der Waals surface area (Å²) in [5.41, 5.74) is 2.62. The van der Waals surface area contributed by atoms with E-state index < -0.39 is 0 Å². The molecule has 22 heavy (non-hydrogen) atoms. The number of aryl methyl sites for hydroxylation is 1. The molecule has 112 valence electrons. The molecule has 2 aromatic heterocycles. The number of nitrogens with zero attached hydrogens (tertiary/aromatic N) is 4. The molecule has 3 aromatic rings. The highest BCUT2D eigenvalue weighted by atomic mass is 79.9. The van der Waals surface area contributed by atoms with Gasteiger partial charge in [-0.2, -0.15) is 10.2 Å². The number of anilines is 1. The van der Waals surface area contributed by atoms with E-state index in [1.54, 1.807) is 24.1 Å². The van der Waals surface area contributed by atoms with E-state index in [1.807, 2.05) is 36.5 Å². The lowest BCUT2D eigenvalue weighted by molar-refractivity contribution is 0.703. The smallest absolute Gasteiger partial charge is 0.282 e. The van der Waals surface area contributed by atoms with Crippen LogP contribution in [0.3, 0.4) is 0 Å². The first-order chi connectivity index (χ1) is 10.6. The van der Waals surface area contributed by atoms with Crippen LogP contribution in [-0.2, 0) is 13.6 Å². The molecule has 7 heteroatoms. The zero-order valence-electron chi connectivity index (χ0n) is 11.9. The van der Waals surface area contributed by atoms with Gasteiger partial charge >= 0.3 is 0 Å². The molecular formula is C15H14BrN5O. The van der Waals surface area contributed by atoms with Crippen molar-refractivity contribution in [1.29, 1.82) is 0 Å². The normalized spacial score (nSPS) is 10.6. The fraction of sp³-hybridized carbons (Fsp3) is 0.133. The third kappa shape index (κ3) is 2.94. The fourth-order valence-electron chi connectivity index (χ4n) is 2.02. The summed E-state index contributed by atoms with van der Waals surface area (Å²) in [6, 6.07) is 9.93. The van der Waals surface area contributed by atoms with E-state index in [0.29, 0.717) is 16.7 Å². The van der Waals surface area contributed by atoms with E-state index in [9.17, 15) is 4.79 Å². The Labute approximate surface area is 135 Å². The first-order valence-corrected chi connectivity index (χ1v) is 7.49. The van der Waals surface area contributed by atoms with Crippen molar-refractivity contribution in [2.45, 2.75) is 6.54 Å². The summed E-state index contributed by atoms with van der Waals surface area (Å²) < 4.78 is 3.57. The maximum atomic E-state index is 11.8. The summed E-state index contributed by atoms with van der Waals surface area (Å²) in [4.78, 5) is 11.8. The molecule has 0 aliphatic heterocycles. The summed E-state index contributed by atoms with van der Waals surface area (Å²) in [5.74, 6) is 0. The molecule has 0 amide bonds. The Morgan fingerprint density at radius 2 is 2.00 bits per heavy atom. The van der Waals surface area contributed by atoms with Gasteiger partial charge in [-0.3, -0.25) is 4.79 Å². The number of aromatic nitrogens is 4. The van der Waals surface area contributed by atoms with Crippen molar-refractivity contribution in [2.75, 3.05) is 5.32 Å². The van der Waals surface area contributed by atoms with Crippen molar-refractivity contribution >= 4 is 21.6 Å². The number of nitrogens with one attached hydrogen (secondary N) is 1. The van der Waals surface area contributed by atoms with Crippen LogP contribution < -0.4 is 10.9 Å². The van der Waals surface area contributed by atoms with Gasteiger partial charge in [0.15, 0.2) is 0 Å². The Morgan fingerprint density at radius 1 is 1.23 bits per heavy atom. The molecule has 0 bridgehead atoms. The molecule has 0 unspecified atom stereocenters. The van der Waals surface area contributed by atoms with Crippen molar-refractivity contribution in [3.05, 3.63) is 69.3 Å². The molecular weight excluding hydrogens is 346 g/mol. The van der Waals surface area contributed by atoms with E-state index >= 15 is 0 Å². The molecule has 0 aliphatic carbocycles. The zero-order valence-corrected chi connectivity index (χ0v) is 13.5. The predicted molar refractivity (Wildman–Crippen MR) is 88.1 cm³/mol. The van der Waals surface area contributed by atoms with E-state index in [1.165, 1.54) is 4.68 Å². The van der Waals surface area contributed by atoms with Crippen molar-refractivity contribution < 1.29 is 0 Å². The van der Waals surface area contributed by atoms with Crippen LogP contribution in [0.2, 0.25) is 0 Å². The van der Waals surface area contributed by atoms with E-state index in [4.69, 9.17) is 0 Å². The van der Waals surface area contributed by atoms with E-state index in [0.717, 1.165) is 11.3 Å². The molecule has 0 aliphatic rings. The number of hydrogen-bond acceptors (Lipinski definition) is 4. The molecule has 0 radical (unpaired) electrons. The molecule has 0 fully saturated rings. The van der Waals surface area contributed by atoms with Crippen molar-refractivity contribution in [1.82, 2.24) is 19.6 Å². The lowest BCUT2D eigenvalue weighted by Gasteiger charge is -2.09. The second-order valence-electron chi connectivity index (χ2n) is 4.77. The lowest BCUT2D eigenvalue weighted by atomic mass is 10.2. The highest BCUT2D eigenvalue weighted by Crippen LogP contribution is 2.17. The minimum Gasteiger partial charge on any atom is -0.379 e. The monoisotopic (exact) mass is 359 g/mol. The van der Waals surface area contributed by atoms with Crippen LogP contribution in [0.5, 0.6) is 0 Å². The maximum Gasteiger partial charge on any atom is 0.282 e. The molecule has 1 aromatic carbocycles. The van der Waals surface area contributed by atoms with Crippen LogP contribution in [-0.4, -0.2) is 19.6 Å². The average molecular weight is 360 g/mol. The quantitative estimate of drug-likeness (QED) is 0.776. The third-order valence-corrected chi connectivity index (χ3v) is 4.03. The molecule has 2 heterocycles. The fourth-order valence-corrected chi connectivity index (χ4v) is 2.52. The summed E-state index contributed by atoms with van der Waals surface area (Å²) in [6.45, 7) is 0.604. The number of hydrogen-bond donors (Lipinski definition) is 1. The van der Waals surface area contributed by atoms with Gasteiger partial charge in [0.25, 0.3) is 5.56 Å². The minimum atomic E-state index is -0.168.